The summed E-state index contributed by atoms with van der Waals surface area (Å²) in [5, 5.41) is 4.12. The Bertz CT molecular complexity index is 317. The summed E-state index contributed by atoms with van der Waals surface area (Å²) in [4.78, 5) is 10.9. The van der Waals surface area contributed by atoms with Gasteiger partial charge in [-0.2, -0.15) is 5.10 Å². The van der Waals surface area contributed by atoms with Gasteiger partial charge in [0, 0.05) is 18.3 Å². The second kappa shape index (κ2) is 4.79. The molecule has 1 amide bonds. The van der Waals surface area contributed by atoms with Gasteiger partial charge in [-0.15, -0.1) is 0 Å². The molecule has 1 aromatic rings. The number of nitrogens with zero attached hydrogens (tertiary/aromatic N) is 2. The molecule has 0 radical (unpaired) electrons. The molecule has 1 aromatic heterocycles. The molecule has 0 spiro atoms. The second-order valence-electron chi connectivity index (χ2n) is 3.50. The average molecular weight is 195 g/mol. The maximum Gasteiger partial charge on any atom is 0.269 e. The van der Waals surface area contributed by atoms with Crippen LogP contribution in [0.2, 0.25) is 0 Å². The summed E-state index contributed by atoms with van der Waals surface area (Å²) >= 11 is 0. The lowest BCUT2D eigenvalue weighted by Crippen LogP contribution is -2.13. The summed E-state index contributed by atoms with van der Waals surface area (Å²) in [5.41, 5.74) is 6.41. The summed E-state index contributed by atoms with van der Waals surface area (Å²) < 4.78 is 1.80. The fourth-order valence-electron chi connectivity index (χ4n) is 1.40. The third-order valence-electron chi connectivity index (χ3n) is 2.17. The van der Waals surface area contributed by atoms with Crippen molar-refractivity contribution in [3.05, 3.63) is 17.5 Å². The monoisotopic (exact) mass is 195 g/mol. The lowest BCUT2D eigenvalue weighted by Gasteiger charge is -1.98. The van der Waals surface area contributed by atoms with Crippen LogP contribution < -0.4 is 5.73 Å². The van der Waals surface area contributed by atoms with Crippen LogP contribution in [0.15, 0.2) is 6.20 Å². The van der Waals surface area contributed by atoms with Crippen LogP contribution in [-0.4, -0.2) is 15.7 Å². The molecule has 0 atom stereocenters. The SMILES string of the molecule is CCCCCn1cc(C)c(C(N)=O)n1. The number of nitrogens with two attached hydrogens (primary N) is 1. The summed E-state index contributed by atoms with van der Waals surface area (Å²) in [6, 6.07) is 0. The van der Waals surface area contributed by atoms with Gasteiger partial charge in [0.05, 0.1) is 0 Å². The molecular formula is C10H17N3O. The molecule has 0 aliphatic rings. The van der Waals surface area contributed by atoms with Crippen LogP contribution in [0.3, 0.4) is 0 Å². The smallest absolute Gasteiger partial charge is 0.269 e. The molecule has 1 rings (SSSR count). The highest BCUT2D eigenvalue weighted by Crippen LogP contribution is 2.05. The Balaban J connectivity index is 2.62. The Morgan fingerprint density at radius 2 is 2.29 bits per heavy atom. The van der Waals surface area contributed by atoms with Crippen LogP contribution in [0, 0.1) is 6.92 Å². The van der Waals surface area contributed by atoms with Gasteiger partial charge in [-0.3, -0.25) is 9.48 Å². The molecule has 0 aliphatic carbocycles. The van der Waals surface area contributed by atoms with E-state index in [0.717, 1.165) is 18.5 Å². The standard InChI is InChI=1S/C10H17N3O/c1-3-4-5-6-13-7-8(2)9(12-13)10(11)14/h7H,3-6H2,1-2H3,(H2,11,14). The van der Waals surface area contributed by atoms with E-state index in [-0.39, 0.29) is 0 Å². The number of unbranched alkanes of at least 4 members (excludes halogenated alkanes) is 2. The zero-order valence-corrected chi connectivity index (χ0v) is 8.79. The first-order valence-electron chi connectivity index (χ1n) is 4.99. The molecule has 4 heteroatoms. The molecule has 0 fully saturated rings. The maximum atomic E-state index is 10.9. The predicted molar refractivity (Wildman–Crippen MR) is 55.0 cm³/mol. The molecule has 1 heterocycles. The zero-order chi connectivity index (χ0) is 10.6. The van der Waals surface area contributed by atoms with Crippen molar-refractivity contribution in [3.63, 3.8) is 0 Å². The largest absolute Gasteiger partial charge is 0.364 e. The minimum atomic E-state index is -0.447. The first kappa shape index (κ1) is 10.8. The third kappa shape index (κ3) is 2.58. The molecule has 0 saturated heterocycles. The molecule has 14 heavy (non-hydrogen) atoms. The number of carbonyl (C=O) groups excluding carboxylic acids is 1. The van der Waals surface area contributed by atoms with E-state index in [1.54, 1.807) is 4.68 Å². The van der Waals surface area contributed by atoms with Crippen LogP contribution in [0.4, 0.5) is 0 Å². The Morgan fingerprint density at radius 3 is 2.79 bits per heavy atom. The van der Waals surface area contributed by atoms with E-state index in [4.69, 9.17) is 5.73 Å². The van der Waals surface area contributed by atoms with Crippen LogP contribution in [0.5, 0.6) is 0 Å². The lowest BCUT2D eigenvalue weighted by molar-refractivity contribution is 0.0994. The maximum absolute atomic E-state index is 10.9. The quantitative estimate of drug-likeness (QED) is 0.723. The molecule has 0 unspecified atom stereocenters. The number of primary amides is 1. The normalized spacial score (nSPS) is 10.4. The average Bonchev–Trinajstić information content (AvgIpc) is 2.47. The van der Waals surface area contributed by atoms with Crippen molar-refractivity contribution in [2.24, 2.45) is 5.73 Å². The fourth-order valence-corrected chi connectivity index (χ4v) is 1.40. The van der Waals surface area contributed by atoms with E-state index in [0.29, 0.717) is 5.69 Å². The highest BCUT2D eigenvalue weighted by molar-refractivity contribution is 5.92. The van der Waals surface area contributed by atoms with Crippen molar-refractivity contribution in [1.29, 1.82) is 0 Å². The Hall–Kier alpha value is -1.32. The van der Waals surface area contributed by atoms with E-state index >= 15 is 0 Å². The van der Waals surface area contributed by atoms with Crippen molar-refractivity contribution in [2.75, 3.05) is 0 Å². The first-order chi connectivity index (χ1) is 6.65. The second-order valence-corrected chi connectivity index (χ2v) is 3.50. The van der Waals surface area contributed by atoms with Crippen molar-refractivity contribution in [1.82, 2.24) is 9.78 Å². The van der Waals surface area contributed by atoms with Crippen LogP contribution in [-0.2, 0) is 6.54 Å². The van der Waals surface area contributed by atoms with E-state index in [1.165, 1.54) is 12.8 Å². The first-order valence-corrected chi connectivity index (χ1v) is 4.99. The molecule has 2 N–H and O–H groups in total. The van der Waals surface area contributed by atoms with Gasteiger partial charge >= 0.3 is 0 Å². The molecule has 78 valence electrons. The predicted octanol–water partition coefficient (Wildman–Crippen LogP) is 1.48. The minimum Gasteiger partial charge on any atom is -0.364 e. The summed E-state index contributed by atoms with van der Waals surface area (Å²) in [6.07, 6.45) is 5.33. The number of aromatic nitrogens is 2. The van der Waals surface area contributed by atoms with Gasteiger partial charge in [0.25, 0.3) is 5.91 Å². The van der Waals surface area contributed by atoms with Gasteiger partial charge in [0.15, 0.2) is 5.69 Å². The molecule has 0 aliphatic heterocycles. The van der Waals surface area contributed by atoms with Crippen molar-refractivity contribution >= 4 is 5.91 Å². The van der Waals surface area contributed by atoms with Crippen LogP contribution in [0.1, 0.15) is 42.2 Å². The summed E-state index contributed by atoms with van der Waals surface area (Å²) in [7, 11) is 0. The number of hydrogen-bond acceptors (Lipinski definition) is 2. The van der Waals surface area contributed by atoms with Crippen LogP contribution in [0.25, 0.3) is 0 Å². The Morgan fingerprint density at radius 1 is 1.57 bits per heavy atom. The number of rotatable bonds is 5. The molecule has 0 saturated carbocycles. The number of amides is 1. The molecule has 0 aromatic carbocycles. The van der Waals surface area contributed by atoms with Gasteiger partial charge in [-0.05, 0) is 13.3 Å². The van der Waals surface area contributed by atoms with Crippen molar-refractivity contribution in [2.45, 2.75) is 39.7 Å². The van der Waals surface area contributed by atoms with E-state index in [1.807, 2.05) is 13.1 Å². The van der Waals surface area contributed by atoms with Gasteiger partial charge in [0.2, 0.25) is 0 Å². The lowest BCUT2D eigenvalue weighted by atomic mass is 10.2. The minimum absolute atomic E-state index is 0.390. The van der Waals surface area contributed by atoms with Crippen LogP contribution >= 0.6 is 0 Å². The van der Waals surface area contributed by atoms with Gasteiger partial charge < -0.3 is 5.73 Å². The van der Waals surface area contributed by atoms with E-state index < -0.39 is 5.91 Å². The summed E-state index contributed by atoms with van der Waals surface area (Å²) in [6.45, 7) is 4.87. The third-order valence-corrected chi connectivity index (χ3v) is 2.17. The van der Waals surface area contributed by atoms with Gasteiger partial charge in [-0.1, -0.05) is 19.8 Å². The number of aryl methyl sites for hydroxylation is 2. The van der Waals surface area contributed by atoms with Gasteiger partial charge in [0.1, 0.15) is 0 Å². The van der Waals surface area contributed by atoms with Crippen molar-refractivity contribution in [3.8, 4) is 0 Å². The van der Waals surface area contributed by atoms with Crippen molar-refractivity contribution < 1.29 is 4.79 Å². The fraction of sp³-hybridized carbons (Fsp3) is 0.600. The molecule has 4 nitrogen and oxygen atoms in total. The number of hydrogen-bond donors (Lipinski definition) is 1. The Labute approximate surface area is 84.1 Å². The molecular weight excluding hydrogens is 178 g/mol. The topological polar surface area (TPSA) is 60.9 Å². The zero-order valence-electron chi connectivity index (χ0n) is 8.79. The highest BCUT2D eigenvalue weighted by Gasteiger charge is 2.09. The van der Waals surface area contributed by atoms with E-state index in [9.17, 15) is 4.79 Å². The summed E-state index contributed by atoms with van der Waals surface area (Å²) in [5.74, 6) is -0.447. The van der Waals surface area contributed by atoms with Gasteiger partial charge in [-0.25, -0.2) is 0 Å². The highest BCUT2D eigenvalue weighted by atomic mass is 16.1. The Kier molecular flexibility index (Phi) is 3.68. The molecule has 0 bridgehead atoms. The number of carbonyl (C=O) groups is 1. The van der Waals surface area contributed by atoms with E-state index in [2.05, 4.69) is 12.0 Å².